The zero-order valence-corrected chi connectivity index (χ0v) is 11.5. The Kier molecular flexibility index (Phi) is 5.63. The molecule has 108 valence electrons. The van der Waals surface area contributed by atoms with E-state index < -0.39 is 0 Å². The van der Waals surface area contributed by atoms with Crippen LogP contribution >= 0.6 is 0 Å². The van der Waals surface area contributed by atoms with Gasteiger partial charge in [0.1, 0.15) is 6.42 Å². The molecular formula is C14H24N2O3. The van der Waals surface area contributed by atoms with Crippen LogP contribution in [0.25, 0.3) is 0 Å². The van der Waals surface area contributed by atoms with Crippen LogP contribution in [0.2, 0.25) is 0 Å². The number of rotatable bonds is 3. The molecule has 19 heavy (non-hydrogen) atoms. The third-order valence-corrected chi connectivity index (χ3v) is 3.90. The first-order chi connectivity index (χ1) is 9.25. The molecule has 5 nitrogen and oxygen atoms in total. The topological polar surface area (TPSA) is 58.6 Å². The molecule has 2 amide bonds. The van der Waals surface area contributed by atoms with Crippen LogP contribution in [-0.2, 0) is 14.3 Å². The fourth-order valence-electron chi connectivity index (χ4n) is 2.76. The fourth-order valence-corrected chi connectivity index (χ4v) is 2.76. The summed E-state index contributed by atoms with van der Waals surface area (Å²) in [6.45, 7) is 2.37. The van der Waals surface area contributed by atoms with Crippen molar-refractivity contribution in [3.8, 4) is 0 Å². The van der Waals surface area contributed by atoms with Gasteiger partial charge < -0.3 is 15.0 Å². The Morgan fingerprint density at radius 1 is 1.05 bits per heavy atom. The summed E-state index contributed by atoms with van der Waals surface area (Å²) in [6, 6.07) is 0.271. The first-order valence-electron chi connectivity index (χ1n) is 7.40. The molecule has 1 saturated heterocycles. The van der Waals surface area contributed by atoms with Gasteiger partial charge in [-0.05, 0) is 12.8 Å². The predicted molar refractivity (Wildman–Crippen MR) is 71.6 cm³/mol. The van der Waals surface area contributed by atoms with Gasteiger partial charge in [0.2, 0.25) is 11.8 Å². The smallest absolute Gasteiger partial charge is 0.232 e. The first-order valence-corrected chi connectivity index (χ1v) is 7.40. The molecule has 1 heterocycles. The number of morpholine rings is 1. The van der Waals surface area contributed by atoms with Crippen molar-refractivity contribution in [1.82, 2.24) is 10.2 Å². The van der Waals surface area contributed by atoms with E-state index in [4.69, 9.17) is 4.74 Å². The van der Waals surface area contributed by atoms with Gasteiger partial charge in [0.25, 0.3) is 0 Å². The number of amides is 2. The lowest BCUT2D eigenvalue weighted by molar-refractivity contribution is -0.139. The minimum atomic E-state index is -0.122. The number of carbonyl (C=O) groups excluding carboxylic acids is 2. The minimum Gasteiger partial charge on any atom is -0.378 e. The molecule has 0 radical (unpaired) electrons. The summed E-state index contributed by atoms with van der Waals surface area (Å²) in [4.78, 5) is 25.5. The molecule has 1 saturated carbocycles. The summed E-state index contributed by atoms with van der Waals surface area (Å²) in [6.07, 6.45) is 6.98. The van der Waals surface area contributed by atoms with Gasteiger partial charge in [-0.15, -0.1) is 0 Å². The number of nitrogens with one attached hydrogen (secondary N) is 1. The Balaban J connectivity index is 1.71. The van der Waals surface area contributed by atoms with Crippen LogP contribution < -0.4 is 5.32 Å². The molecule has 5 heteroatoms. The number of hydrogen-bond donors (Lipinski definition) is 1. The van der Waals surface area contributed by atoms with Crippen LogP contribution in [0.1, 0.15) is 44.9 Å². The Hall–Kier alpha value is -1.10. The average Bonchev–Trinajstić information content (AvgIpc) is 2.68. The van der Waals surface area contributed by atoms with Crippen molar-refractivity contribution >= 4 is 11.8 Å². The molecule has 1 aliphatic carbocycles. The number of ether oxygens (including phenoxy) is 1. The van der Waals surface area contributed by atoms with Crippen LogP contribution in [0.5, 0.6) is 0 Å². The Bertz CT molecular complexity index is 306. The maximum atomic E-state index is 11.9. The van der Waals surface area contributed by atoms with E-state index >= 15 is 0 Å². The summed E-state index contributed by atoms with van der Waals surface area (Å²) in [5, 5.41) is 3.01. The van der Waals surface area contributed by atoms with E-state index in [0.717, 1.165) is 12.8 Å². The van der Waals surface area contributed by atoms with Crippen molar-refractivity contribution in [2.75, 3.05) is 26.3 Å². The largest absolute Gasteiger partial charge is 0.378 e. The van der Waals surface area contributed by atoms with Crippen molar-refractivity contribution in [3.63, 3.8) is 0 Å². The molecule has 1 aliphatic heterocycles. The molecule has 0 aromatic heterocycles. The molecule has 0 spiro atoms. The van der Waals surface area contributed by atoms with E-state index in [1.807, 2.05) is 0 Å². The van der Waals surface area contributed by atoms with Gasteiger partial charge in [-0.2, -0.15) is 0 Å². The Morgan fingerprint density at radius 3 is 2.32 bits per heavy atom. The SMILES string of the molecule is O=C(CC(=O)N1CCOCC1)NC1CCCCCC1. The van der Waals surface area contributed by atoms with Crippen LogP contribution in [0, 0.1) is 0 Å². The van der Waals surface area contributed by atoms with Crippen molar-refractivity contribution < 1.29 is 14.3 Å². The second-order valence-corrected chi connectivity index (χ2v) is 5.43. The summed E-state index contributed by atoms with van der Waals surface area (Å²) in [7, 11) is 0. The van der Waals surface area contributed by atoms with E-state index in [9.17, 15) is 9.59 Å². The molecule has 2 aliphatic rings. The average molecular weight is 268 g/mol. The minimum absolute atomic E-state index is 0.0174. The zero-order valence-electron chi connectivity index (χ0n) is 11.5. The third kappa shape index (κ3) is 4.82. The molecule has 0 bridgehead atoms. The highest BCUT2D eigenvalue weighted by molar-refractivity contribution is 5.97. The van der Waals surface area contributed by atoms with Crippen LogP contribution in [0.15, 0.2) is 0 Å². The first kappa shape index (κ1) is 14.3. The standard InChI is InChI=1S/C14H24N2O3/c17-13(15-12-5-3-1-2-4-6-12)11-14(18)16-7-9-19-10-8-16/h12H,1-11H2,(H,15,17). The quantitative estimate of drug-likeness (QED) is 0.615. The van der Waals surface area contributed by atoms with E-state index in [1.165, 1.54) is 25.7 Å². The van der Waals surface area contributed by atoms with E-state index in [2.05, 4.69) is 5.32 Å². The van der Waals surface area contributed by atoms with Crippen LogP contribution in [0.3, 0.4) is 0 Å². The fraction of sp³-hybridized carbons (Fsp3) is 0.857. The van der Waals surface area contributed by atoms with Gasteiger partial charge in [0.15, 0.2) is 0 Å². The second-order valence-electron chi connectivity index (χ2n) is 5.43. The third-order valence-electron chi connectivity index (χ3n) is 3.90. The molecule has 0 aromatic rings. The molecule has 2 rings (SSSR count). The van der Waals surface area contributed by atoms with E-state index in [-0.39, 0.29) is 24.3 Å². The van der Waals surface area contributed by atoms with Crippen molar-refractivity contribution in [3.05, 3.63) is 0 Å². The monoisotopic (exact) mass is 268 g/mol. The van der Waals surface area contributed by atoms with Gasteiger partial charge in [-0.3, -0.25) is 9.59 Å². The highest BCUT2D eigenvalue weighted by atomic mass is 16.5. The summed E-state index contributed by atoms with van der Waals surface area (Å²) >= 11 is 0. The predicted octanol–water partition coefficient (Wildman–Crippen LogP) is 1.07. The maximum absolute atomic E-state index is 11.9. The van der Waals surface area contributed by atoms with Gasteiger partial charge in [-0.25, -0.2) is 0 Å². The van der Waals surface area contributed by atoms with Crippen molar-refractivity contribution in [1.29, 1.82) is 0 Å². The lowest BCUT2D eigenvalue weighted by Gasteiger charge is -2.27. The molecule has 2 fully saturated rings. The zero-order chi connectivity index (χ0) is 13.5. The second kappa shape index (κ2) is 7.48. The maximum Gasteiger partial charge on any atom is 0.232 e. The Labute approximate surface area is 114 Å². The van der Waals surface area contributed by atoms with Gasteiger partial charge in [-0.1, -0.05) is 25.7 Å². The van der Waals surface area contributed by atoms with Crippen molar-refractivity contribution in [2.45, 2.75) is 51.0 Å². The molecular weight excluding hydrogens is 244 g/mol. The number of hydrogen-bond acceptors (Lipinski definition) is 3. The van der Waals surface area contributed by atoms with Gasteiger partial charge in [0, 0.05) is 19.1 Å². The lowest BCUT2D eigenvalue weighted by atomic mass is 10.1. The highest BCUT2D eigenvalue weighted by Gasteiger charge is 2.21. The Morgan fingerprint density at radius 2 is 1.68 bits per heavy atom. The summed E-state index contributed by atoms with van der Waals surface area (Å²) in [5.41, 5.74) is 0. The lowest BCUT2D eigenvalue weighted by Crippen LogP contribution is -2.44. The molecule has 0 unspecified atom stereocenters. The molecule has 1 N–H and O–H groups in total. The molecule has 0 aromatic carbocycles. The summed E-state index contributed by atoms with van der Waals surface area (Å²) < 4.78 is 5.20. The normalized spacial score (nSPS) is 21.8. The van der Waals surface area contributed by atoms with E-state index in [0.29, 0.717) is 26.3 Å². The van der Waals surface area contributed by atoms with Gasteiger partial charge >= 0.3 is 0 Å². The number of carbonyl (C=O) groups is 2. The molecule has 0 atom stereocenters. The van der Waals surface area contributed by atoms with Crippen LogP contribution in [0.4, 0.5) is 0 Å². The van der Waals surface area contributed by atoms with E-state index in [1.54, 1.807) is 4.90 Å². The van der Waals surface area contributed by atoms with Gasteiger partial charge in [0.05, 0.1) is 13.2 Å². The summed E-state index contributed by atoms with van der Waals surface area (Å²) in [5.74, 6) is -0.196. The van der Waals surface area contributed by atoms with Crippen LogP contribution in [-0.4, -0.2) is 49.1 Å². The van der Waals surface area contributed by atoms with Crippen molar-refractivity contribution in [2.24, 2.45) is 0 Å². The highest BCUT2D eigenvalue weighted by Crippen LogP contribution is 2.17. The number of nitrogens with zero attached hydrogens (tertiary/aromatic N) is 1.